The maximum atomic E-state index is 2.34. The smallest absolute Gasteiger partial charge is 0.0452 e. The molecule has 0 amide bonds. The molecule has 4 aromatic rings. The zero-order valence-corrected chi connectivity index (χ0v) is 17.1. The van der Waals surface area contributed by atoms with Gasteiger partial charge in [0, 0.05) is 46.3 Å². The lowest BCUT2D eigenvalue weighted by Gasteiger charge is -2.11. The highest BCUT2D eigenvalue weighted by Crippen LogP contribution is 2.33. The number of hydrogen-bond acceptors (Lipinski definition) is 0. The molecule has 142 valence electrons. The van der Waals surface area contributed by atoms with Crippen molar-refractivity contribution in [1.29, 1.82) is 0 Å². The van der Waals surface area contributed by atoms with Crippen molar-refractivity contribution in [2.75, 3.05) is 0 Å². The SMILES string of the molecule is CC(C)c1cc(-c2cc(C(C)C)n(-c3ccccc3)c2)cn1-c1ccccc1. The Kier molecular flexibility index (Phi) is 4.95. The largest absolute Gasteiger partial charge is 0.320 e. The van der Waals surface area contributed by atoms with E-state index < -0.39 is 0 Å². The van der Waals surface area contributed by atoms with E-state index in [4.69, 9.17) is 0 Å². The van der Waals surface area contributed by atoms with Gasteiger partial charge in [0.05, 0.1) is 0 Å². The van der Waals surface area contributed by atoms with Crippen LogP contribution < -0.4 is 0 Å². The van der Waals surface area contributed by atoms with Gasteiger partial charge in [0.15, 0.2) is 0 Å². The van der Waals surface area contributed by atoms with E-state index in [-0.39, 0.29) is 0 Å². The average molecular weight is 369 g/mol. The van der Waals surface area contributed by atoms with Crippen molar-refractivity contribution >= 4 is 0 Å². The zero-order valence-electron chi connectivity index (χ0n) is 17.1. The highest BCUT2D eigenvalue weighted by atomic mass is 15.0. The second kappa shape index (κ2) is 7.55. The number of para-hydroxylation sites is 2. The minimum Gasteiger partial charge on any atom is -0.320 e. The Morgan fingerprint density at radius 1 is 0.536 bits per heavy atom. The van der Waals surface area contributed by atoms with Crippen LogP contribution in [0, 0.1) is 0 Å². The predicted octanol–water partition coefficient (Wildman–Crippen LogP) is 7.18. The fourth-order valence-corrected chi connectivity index (χ4v) is 3.79. The Balaban J connectivity index is 1.84. The van der Waals surface area contributed by atoms with Crippen LogP contribution in [0.5, 0.6) is 0 Å². The molecule has 0 radical (unpaired) electrons. The maximum Gasteiger partial charge on any atom is 0.0452 e. The Morgan fingerprint density at radius 3 is 1.21 bits per heavy atom. The first-order chi connectivity index (χ1) is 13.5. The van der Waals surface area contributed by atoms with Gasteiger partial charge in [0.2, 0.25) is 0 Å². The first-order valence-corrected chi connectivity index (χ1v) is 10.1. The molecule has 0 saturated heterocycles. The molecular formula is C26H28N2. The lowest BCUT2D eigenvalue weighted by atomic mass is 10.1. The Morgan fingerprint density at radius 2 is 0.893 bits per heavy atom. The summed E-state index contributed by atoms with van der Waals surface area (Å²) in [4.78, 5) is 0. The summed E-state index contributed by atoms with van der Waals surface area (Å²) < 4.78 is 4.66. The van der Waals surface area contributed by atoms with Crippen LogP contribution in [0.1, 0.15) is 50.9 Å². The summed E-state index contributed by atoms with van der Waals surface area (Å²) in [5, 5.41) is 0. The van der Waals surface area contributed by atoms with Crippen LogP contribution in [0.3, 0.4) is 0 Å². The quantitative estimate of drug-likeness (QED) is 0.353. The zero-order chi connectivity index (χ0) is 19.7. The van der Waals surface area contributed by atoms with Crippen LogP contribution >= 0.6 is 0 Å². The molecule has 2 heteroatoms. The van der Waals surface area contributed by atoms with Crippen LogP contribution in [-0.2, 0) is 0 Å². The van der Waals surface area contributed by atoms with Crippen LogP contribution in [0.2, 0.25) is 0 Å². The topological polar surface area (TPSA) is 9.86 Å². The molecule has 0 saturated carbocycles. The highest BCUT2D eigenvalue weighted by molar-refractivity contribution is 5.67. The fourth-order valence-electron chi connectivity index (χ4n) is 3.79. The lowest BCUT2D eigenvalue weighted by molar-refractivity contribution is 0.787. The molecule has 0 spiro atoms. The minimum absolute atomic E-state index is 0.453. The molecule has 2 aromatic carbocycles. The van der Waals surface area contributed by atoms with Gasteiger partial charge in [-0.1, -0.05) is 64.1 Å². The fraction of sp³-hybridized carbons (Fsp3) is 0.231. The van der Waals surface area contributed by atoms with Gasteiger partial charge >= 0.3 is 0 Å². The molecule has 4 rings (SSSR count). The number of aromatic nitrogens is 2. The minimum atomic E-state index is 0.453. The second-order valence-corrected chi connectivity index (χ2v) is 8.03. The van der Waals surface area contributed by atoms with Crippen LogP contribution in [-0.4, -0.2) is 9.13 Å². The van der Waals surface area contributed by atoms with Crippen molar-refractivity contribution in [2.24, 2.45) is 0 Å². The van der Waals surface area contributed by atoms with Crippen molar-refractivity contribution < 1.29 is 0 Å². The monoisotopic (exact) mass is 368 g/mol. The average Bonchev–Trinajstić information content (AvgIpc) is 3.34. The summed E-state index contributed by atoms with van der Waals surface area (Å²) in [6.07, 6.45) is 4.55. The molecule has 28 heavy (non-hydrogen) atoms. The Labute approximate surface area is 168 Å². The molecule has 2 heterocycles. The van der Waals surface area contributed by atoms with E-state index in [1.54, 1.807) is 0 Å². The summed E-state index contributed by atoms with van der Waals surface area (Å²) in [6.45, 7) is 9.03. The van der Waals surface area contributed by atoms with Crippen molar-refractivity contribution in [3.8, 4) is 22.5 Å². The maximum absolute atomic E-state index is 2.34. The lowest BCUT2D eigenvalue weighted by Crippen LogP contribution is -1.99. The number of hydrogen-bond donors (Lipinski definition) is 0. The molecule has 0 aliphatic rings. The van der Waals surface area contributed by atoms with Gasteiger partial charge in [0.25, 0.3) is 0 Å². The molecule has 0 fully saturated rings. The van der Waals surface area contributed by atoms with Crippen molar-refractivity contribution in [3.05, 3.63) is 96.6 Å². The van der Waals surface area contributed by atoms with E-state index in [9.17, 15) is 0 Å². The van der Waals surface area contributed by atoms with Crippen molar-refractivity contribution in [1.82, 2.24) is 9.13 Å². The normalized spacial score (nSPS) is 11.5. The molecule has 0 unspecified atom stereocenters. The van der Waals surface area contributed by atoms with E-state index in [1.165, 1.54) is 33.9 Å². The molecule has 0 atom stereocenters. The third kappa shape index (κ3) is 3.43. The van der Waals surface area contributed by atoms with E-state index in [1.807, 2.05) is 0 Å². The first-order valence-electron chi connectivity index (χ1n) is 10.1. The van der Waals surface area contributed by atoms with Crippen molar-refractivity contribution in [3.63, 3.8) is 0 Å². The molecule has 0 aliphatic carbocycles. The van der Waals surface area contributed by atoms with Gasteiger partial charge in [-0.05, 0) is 48.2 Å². The Hall–Kier alpha value is -3.00. The van der Waals surface area contributed by atoms with Gasteiger partial charge in [-0.25, -0.2) is 0 Å². The third-order valence-electron chi connectivity index (χ3n) is 5.28. The van der Waals surface area contributed by atoms with Crippen LogP contribution in [0.15, 0.2) is 85.2 Å². The van der Waals surface area contributed by atoms with E-state index in [0.717, 1.165) is 0 Å². The van der Waals surface area contributed by atoms with E-state index in [0.29, 0.717) is 11.8 Å². The predicted molar refractivity (Wildman–Crippen MR) is 119 cm³/mol. The Bertz CT molecular complexity index is 963. The number of rotatable bonds is 5. The van der Waals surface area contributed by atoms with E-state index in [2.05, 4.69) is 122 Å². The van der Waals surface area contributed by atoms with Gasteiger partial charge in [-0.3, -0.25) is 0 Å². The van der Waals surface area contributed by atoms with E-state index >= 15 is 0 Å². The van der Waals surface area contributed by atoms with Gasteiger partial charge in [-0.15, -0.1) is 0 Å². The van der Waals surface area contributed by atoms with Crippen LogP contribution in [0.4, 0.5) is 0 Å². The number of benzene rings is 2. The number of nitrogens with zero attached hydrogens (tertiary/aromatic N) is 2. The summed E-state index contributed by atoms with van der Waals surface area (Å²) in [5.41, 5.74) is 7.63. The summed E-state index contributed by atoms with van der Waals surface area (Å²) >= 11 is 0. The first kappa shape index (κ1) is 18.4. The third-order valence-corrected chi connectivity index (χ3v) is 5.28. The molecule has 0 aliphatic heterocycles. The molecule has 0 N–H and O–H groups in total. The molecule has 2 aromatic heterocycles. The molecular weight excluding hydrogens is 340 g/mol. The van der Waals surface area contributed by atoms with Gasteiger partial charge < -0.3 is 9.13 Å². The second-order valence-electron chi connectivity index (χ2n) is 8.03. The standard InChI is InChI=1S/C26H28N2/c1-19(2)25-15-21(17-27(25)23-11-7-5-8-12-23)22-16-26(20(3)4)28(18-22)24-13-9-6-10-14-24/h5-20H,1-4H3. The van der Waals surface area contributed by atoms with Crippen molar-refractivity contribution in [2.45, 2.75) is 39.5 Å². The van der Waals surface area contributed by atoms with Gasteiger partial charge in [0.1, 0.15) is 0 Å². The van der Waals surface area contributed by atoms with Gasteiger partial charge in [-0.2, -0.15) is 0 Å². The molecule has 2 nitrogen and oxygen atoms in total. The summed E-state index contributed by atoms with van der Waals surface area (Å²) in [7, 11) is 0. The molecule has 0 bridgehead atoms. The highest BCUT2D eigenvalue weighted by Gasteiger charge is 2.16. The summed E-state index contributed by atoms with van der Waals surface area (Å²) in [5.74, 6) is 0.907. The summed E-state index contributed by atoms with van der Waals surface area (Å²) in [6, 6.07) is 25.9. The van der Waals surface area contributed by atoms with Crippen LogP contribution in [0.25, 0.3) is 22.5 Å².